The molecule has 0 radical (unpaired) electrons. The summed E-state index contributed by atoms with van der Waals surface area (Å²) in [5.41, 5.74) is 0.947. The topological polar surface area (TPSA) is 55.8 Å². The molecule has 21 heavy (non-hydrogen) atoms. The lowest BCUT2D eigenvalue weighted by molar-refractivity contribution is -0.149. The third-order valence-corrected chi connectivity index (χ3v) is 4.27. The van der Waals surface area contributed by atoms with Crippen LogP contribution in [0.15, 0.2) is 24.3 Å². The number of amides is 1. The maximum Gasteiger partial charge on any atom is 0.310 e. The van der Waals surface area contributed by atoms with E-state index in [9.17, 15) is 9.59 Å². The van der Waals surface area contributed by atoms with Crippen molar-refractivity contribution in [3.05, 3.63) is 29.8 Å². The molecule has 2 heterocycles. The standard InChI is InChI=1S/C16H19NO4/c1-20-16(19)11-5-4-8-17(9-11)15(18)13-10-21-14-7-3-2-6-12(13)14/h2-3,6-7,11,13H,4-5,8-10H2,1H3/t11-,13?/m0/s1. The Kier molecular flexibility index (Phi) is 3.82. The average Bonchev–Trinajstić information content (AvgIpc) is 2.97. The molecule has 2 aliphatic heterocycles. The third-order valence-electron chi connectivity index (χ3n) is 4.27. The van der Waals surface area contributed by atoms with E-state index < -0.39 is 0 Å². The van der Waals surface area contributed by atoms with E-state index in [4.69, 9.17) is 9.47 Å². The first-order chi connectivity index (χ1) is 10.2. The van der Waals surface area contributed by atoms with Crippen LogP contribution in [0.2, 0.25) is 0 Å². The Morgan fingerprint density at radius 1 is 1.33 bits per heavy atom. The van der Waals surface area contributed by atoms with Gasteiger partial charge >= 0.3 is 5.97 Å². The smallest absolute Gasteiger partial charge is 0.310 e. The molecule has 112 valence electrons. The summed E-state index contributed by atoms with van der Waals surface area (Å²) < 4.78 is 10.4. The first kappa shape index (κ1) is 13.9. The fourth-order valence-corrected chi connectivity index (χ4v) is 3.12. The summed E-state index contributed by atoms with van der Waals surface area (Å²) in [5.74, 6) is 0.157. The largest absolute Gasteiger partial charge is 0.492 e. The molecule has 0 aromatic heterocycles. The van der Waals surface area contributed by atoms with Crippen molar-refractivity contribution < 1.29 is 19.1 Å². The lowest BCUT2D eigenvalue weighted by atomic mass is 9.94. The van der Waals surface area contributed by atoms with E-state index in [1.807, 2.05) is 24.3 Å². The highest BCUT2D eigenvalue weighted by Crippen LogP contribution is 2.35. The van der Waals surface area contributed by atoms with E-state index in [-0.39, 0.29) is 23.7 Å². The van der Waals surface area contributed by atoms with Gasteiger partial charge in [0.05, 0.1) is 13.0 Å². The molecule has 1 aromatic carbocycles. The van der Waals surface area contributed by atoms with Crippen LogP contribution >= 0.6 is 0 Å². The number of fused-ring (bicyclic) bond motifs is 1. The van der Waals surface area contributed by atoms with Gasteiger partial charge in [-0.05, 0) is 18.9 Å². The monoisotopic (exact) mass is 289 g/mol. The van der Waals surface area contributed by atoms with Crippen LogP contribution in [0.4, 0.5) is 0 Å². The zero-order chi connectivity index (χ0) is 14.8. The number of benzene rings is 1. The minimum absolute atomic E-state index is 0.0496. The Balaban J connectivity index is 1.73. The summed E-state index contributed by atoms with van der Waals surface area (Å²) in [6.07, 6.45) is 1.62. The van der Waals surface area contributed by atoms with Gasteiger partial charge in [0.25, 0.3) is 0 Å². The van der Waals surface area contributed by atoms with E-state index in [2.05, 4.69) is 0 Å². The number of piperidine rings is 1. The summed E-state index contributed by atoms with van der Waals surface area (Å²) in [6, 6.07) is 7.64. The van der Waals surface area contributed by atoms with Gasteiger partial charge in [-0.15, -0.1) is 0 Å². The van der Waals surface area contributed by atoms with E-state index in [1.54, 1.807) is 4.90 Å². The van der Waals surface area contributed by atoms with Gasteiger partial charge in [-0.1, -0.05) is 18.2 Å². The normalized spacial score (nSPS) is 24.1. The van der Waals surface area contributed by atoms with Crippen LogP contribution in [-0.2, 0) is 14.3 Å². The van der Waals surface area contributed by atoms with Crippen LogP contribution in [-0.4, -0.2) is 43.6 Å². The van der Waals surface area contributed by atoms with Gasteiger partial charge in [-0.3, -0.25) is 9.59 Å². The Bertz CT molecular complexity index is 557. The fourth-order valence-electron chi connectivity index (χ4n) is 3.12. The zero-order valence-corrected chi connectivity index (χ0v) is 12.1. The van der Waals surface area contributed by atoms with Gasteiger partial charge in [0, 0.05) is 18.7 Å². The quantitative estimate of drug-likeness (QED) is 0.776. The fraction of sp³-hybridized carbons (Fsp3) is 0.500. The minimum Gasteiger partial charge on any atom is -0.492 e. The molecule has 0 saturated carbocycles. The number of methoxy groups -OCH3 is 1. The number of para-hydroxylation sites is 1. The molecule has 2 atom stereocenters. The Morgan fingerprint density at radius 2 is 2.14 bits per heavy atom. The predicted octanol–water partition coefficient (Wildman–Crippen LogP) is 1.57. The minimum atomic E-state index is -0.252. The second-order valence-electron chi connectivity index (χ2n) is 5.55. The van der Waals surface area contributed by atoms with Crippen molar-refractivity contribution in [2.75, 3.05) is 26.8 Å². The van der Waals surface area contributed by atoms with Crippen molar-refractivity contribution in [3.63, 3.8) is 0 Å². The van der Waals surface area contributed by atoms with Crippen molar-refractivity contribution >= 4 is 11.9 Å². The summed E-state index contributed by atoms with van der Waals surface area (Å²) in [7, 11) is 1.39. The molecule has 1 amide bonds. The second kappa shape index (κ2) is 5.76. The van der Waals surface area contributed by atoms with Crippen molar-refractivity contribution in [2.45, 2.75) is 18.8 Å². The summed E-state index contributed by atoms with van der Waals surface area (Å²) >= 11 is 0. The lowest BCUT2D eigenvalue weighted by Crippen LogP contribution is -2.44. The molecule has 0 spiro atoms. The van der Waals surface area contributed by atoms with Crippen molar-refractivity contribution in [2.24, 2.45) is 5.92 Å². The molecule has 1 unspecified atom stereocenters. The highest BCUT2D eigenvalue weighted by atomic mass is 16.5. The molecule has 0 N–H and O–H groups in total. The first-order valence-electron chi connectivity index (χ1n) is 7.29. The van der Waals surface area contributed by atoms with Crippen LogP contribution in [0.1, 0.15) is 24.3 Å². The van der Waals surface area contributed by atoms with Crippen molar-refractivity contribution in [3.8, 4) is 5.75 Å². The van der Waals surface area contributed by atoms with Crippen LogP contribution in [0.5, 0.6) is 5.75 Å². The molecule has 5 nitrogen and oxygen atoms in total. The molecule has 1 fully saturated rings. The number of carbonyl (C=O) groups is 2. The summed E-state index contributed by atoms with van der Waals surface area (Å²) in [5, 5.41) is 0. The van der Waals surface area contributed by atoms with Gasteiger partial charge in [-0.2, -0.15) is 0 Å². The number of rotatable bonds is 2. The predicted molar refractivity (Wildman–Crippen MR) is 76.0 cm³/mol. The van der Waals surface area contributed by atoms with E-state index >= 15 is 0 Å². The maximum absolute atomic E-state index is 12.7. The Labute approximate surface area is 123 Å². The maximum atomic E-state index is 12.7. The SMILES string of the molecule is COC(=O)[C@H]1CCCN(C(=O)C2COc3ccccc32)C1. The van der Waals surface area contributed by atoms with Gasteiger partial charge in [0.1, 0.15) is 18.3 Å². The van der Waals surface area contributed by atoms with Crippen LogP contribution in [0.3, 0.4) is 0 Å². The molecular weight excluding hydrogens is 270 g/mol. The molecular formula is C16H19NO4. The number of nitrogens with zero attached hydrogens (tertiary/aromatic N) is 1. The molecule has 2 aliphatic rings. The number of carbonyl (C=O) groups excluding carboxylic acids is 2. The Morgan fingerprint density at radius 3 is 2.95 bits per heavy atom. The number of ether oxygens (including phenoxy) is 2. The molecule has 3 rings (SSSR count). The molecule has 0 aliphatic carbocycles. The van der Waals surface area contributed by atoms with E-state index in [0.29, 0.717) is 19.7 Å². The number of hydrogen-bond acceptors (Lipinski definition) is 4. The highest BCUT2D eigenvalue weighted by Gasteiger charge is 2.36. The highest BCUT2D eigenvalue weighted by molar-refractivity contribution is 5.86. The number of esters is 1. The van der Waals surface area contributed by atoms with Gasteiger partial charge < -0.3 is 14.4 Å². The van der Waals surface area contributed by atoms with Crippen LogP contribution in [0.25, 0.3) is 0 Å². The summed E-state index contributed by atoms with van der Waals surface area (Å²) in [4.78, 5) is 26.2. The third kappa shape index (κ3) is 2.60. The number of hydrogen-bond donors (Lipinski definition) is 0. The zero-order valence-electron chi connectivity index (χ0n) is 12.1. The second-order valence-corrected chi connectivity index (χ2v) is 5.55. The number of likely N-dealkylation sites (tertiary alicyclic amines) is 1. The van der Waals surface area contributed by atoms with Crippen LogP contribution < -0.4 is 4.74 Å². The molecule has 5 heteroatoms. The molecule has 0 bridgehead atoms. The summed E-state index contributed by atoms with van der Waals surface area (Å²) in [6.45, 7) is 1.53. The van der Waals surface area contributed by atoms with Gasteiger partial charge in [0.15, 0.2) is 0 Å². The molecule has 1 saturated heterocycles. The molecule has 1 aromatic rings. The van der Waals surface area contributed by atoms with E-state index in [1.165, 1.54) is 7.11 Å². The average molecular weight is 289 g/mol. The van der Waals surface area contributed by atoms with Crippen molar-refractivity contribution in [1.29, 1.82) is 0 Å². The van der Waals surface area contributed by atoms with Gasteiger partial charge in [0.2, 0.25) is 5.91 Å². The Hall–Kier alpha value is -2.04. The van der Waals surface area contributed by atoms with Crippen molar-refractivity contribution in [1.82, 2.24) is 4.90 Å². The van der Waals surface area contributed by atoms with E-state index in [0.717, 1.165) is 24.2 Å². The lowest BCUT2D eigenvalue weighted by Gasteiger charge is -2.32. The first-order valence-corrected chi connectivity index (χ1v) is 7.29. The van der Waals surface area contributed by atoms with Gasteiger partial charge in [-0.25, -0.2) is 0 Å². The van der Waals surface area contributed by atoms with Crippen LogP contribution in [0, 0.1) is 5.92 Å².